The van der Waals surface area contributed by atoms with Crippen LogP contribution in [0.25, 0.3) is 0 Å². The zero-order chi connectivity index (χ0) is 12.3. The maximum Gasteiger partial charge on any atom is 0.323 e. The van der Waals surface area contributed by atoms with Gasteiger partial charge in [-0.1, -0.05) is 12.1 Å². The Morgan fingerprint density at radius 1 is 1.31 bits per heavy atom. The van der Waals surface area contributed by atoms with Crippen molar-refractivity contribution in [1.82, 2.24) is 0 Å². The van der Waals surface area contributed by atoms with E-state index in [1.165, 1.54) is 0 Å². The molecule has 0 fully saturated rings. The fourth-order valence-corrected chi connectivity index (χ4v) is 1.31. The standard InChI is InChI=1S/C11H16N2O3/c1-13(2)8-5-3-7(4-6-8)10(14)9(12)11(15)16/h3-6,9-10,14H,12H2,1-2H3,(H,15,16). The molecule has 88 valence electrons. The highest BCUT2D eigenvalue weighted by atomic mass is 16.4. The minimum absolute atomic E-state index is 0.500. The first-order valence-electron chi connectivity index (χ1n) is 4.87. The van der Waals surface area contributed by atoms with Gasteiger partial charge in [-0.3, -0.25) is 4.79 Å². The van der Waals surface area contributed by atoms with Gasteiger partial charge < -0.3 is 20.8 Å². The van der Waals surface area contributed by atoms with Crippen LogP contribution in [0.1, 0.15) is 11.7 Å². The lowest BCUT2D eigenvalue weighted by molar-refractivity contribution is -0.141. The number of hydrogen-bond acceptors (Lipinski definition) is 4. The molecule has 0 heterocycles. The average molecular weight is 224 g/mol. The van der Waals surface area contributed by atoms with E-state index in [1.807, 2.05) is 19.0 Å². The first kappa shape index (κ1) is 12.5. The van der Waals surface area contributed by atoms with Crippen molar-refractivity contribution in [2.75, 3.05) is 19.0 Å². The van der Waals surface area contributed by atoms with Gasteiger partial charge >= 0.3 is 5.97 Å². The molecule has 0 bridgehead atoms. The molecule has 16 heavy (non-hydrogen) atoms. The summed E-state index contributed by atoms with van der Waals surface area (Å²) in [5.74, 6) is -1.22. The summed E-state index contributed by atoms with van der Waals surface area (Å²) in [6.45, 7) is 0. The lowest BCUT2D eigenvalue weighted by Crippen LogP contribution is -2.36. The molecule has 0 aliphatic carbocycles. The average Bonchev–Trinajstić information content (AvgIpc) is 2.27. The van der Waals surface area contributed by atoms with Crippen molar-refractivity contribution >= 4 is 11.7 Å². The van der Waals surface area contributed by atoms with Crippen LogP contribution in [0.5, 0.6) is 0 Å². The molecule has 5 heteroatoms. The number of aliphatic hydroxyl groups is 1. The summed E-state index contributed by atoms with van der Waals surface area (Å²) in [5, 5.41) is 18.3. The Hall–Kier alpha value is -1.59. The summed E-state index contributed by atoms with van der Waals surface area (Å²) in [6.07, 6.45) is -1.19. The summed E-state index contributed by atoms with van der Waals surface area (Å²) in [5.41, 5.74) is 6.80. The minimum Gasteiger partial charge on any atom is -0.480 e. The predicted molar refractivity (Wildman–Crippen MR) is 61.3 cm³/mol. The molecule has 0 aromatic heterocycles. The smallest absolute Gasteiger partial charge is 0.323 e. The minimum atomic E-state index is -1.30. The van der Waals surface area contributed by atoms with Gasteiger partial charge in [0.15, 0.2) is 0 Å². The second-order valence-electron chi connectivity index (χ2n) is 3.79. The zero-order valence-electron chi connectivity index (χ0n) is 9.29. The van der Waals surface area contributed by atoms with Crippen molar-refractivity contribution in [3.05, 3.63) is 29.8 Å². The summed E-state index contributed by atoms with van der Waals surface area (Å²) < 4.78 is 0. The van der Waals surface area contributed by atoms with E-state index in [2.05, 4.69) is 0 Å². The van der Waals surface area contributed by atoms with E-state index in [4.69, 9.17) is 10.8 Å². The van der Waals surface area contributed by atoms with Gasteiger partial charge in [0.05, 0.1) is 0 Å². The normalized spacial score (nSPS) is 14.2. The maximum atomic E-state index is 10.6. The molecule has 0 amide bonds. The van der Waals surface area contributed by atoms with Gasteiger partial charge in [0.25, 0.3) is 0 Å². The Morgan fingerprint density at radius 3 is 2.19 bits per heavy atom. The third-order valence-corrected chi connectivity index (χ3v) is 2.38. The van der Waals surface area contributed by atoms with Crippen molar-refractivity contribution in [3.63, 3.8) is 0 Å². The Kier molecular flexibility index (Phi) is 3.87. The summed E-state index contributed by atoms with van der Waals surface area (Å²) in [6, 6.07) is 5.64. The first-order chi connectivity index (χ1) is 7.43. The largest absolute Gasteiger partial charge is 0.480 e. The molecule has 0 aliphatic heterocycles. The Balaban J connectivity index is 2.85. The van der Waals surface area contributed by atoms with E-state index in [9.17, 15) is 9.90 Å². The number of nitrogens with two attached hydrogens (primary N) is 1. The number of carbonyl (C=O) groups is 1. The molecule has 2 atom stereocenters. The van der Waals surface area contributed by atoms with Crippen molar-refractivity contribution in [2.45, 2.75) is 12.1 Å². The SMILES string of the molecule is CN(C)c1ccc(C(O)C(N)C(=O)O)cc1. The molecule has 0 aliphatic rings. The van der Waals surface area contributed by atoms with E-state index in [1.54, 1.807) is 24.3 Å². The molecule has 0 saturated heterocycles. The Bertz CT molecular complexity index is 362. The number of hydrogen-bond donors (Lipinski definition) is 3. The fraction of sp³-hybridized carbons (Fsp3) is 0.364. The van der Waals surface area contributed by atoms with Gasteiger partial charge in [0.2, 0.25) is 0 Å². The highest BCUT2D eigenvalue weighted by Gasteiger charge is 2.23. The van der Waals surface area contributed by atoms with Crippen LogP contribution in [0.3, 0.4) is 0 Å². The quantitative estimate of drug-likeness (QED) is 0.680. The monoisotopic (exact) mass is 224 g/mol. The second kappa shape index (κ2) is 4.96. The van der Waals surface area contributed by atoms with Gasteiger partial charge in [-0.15, -0.1) is 0 Å². The highest BCUT2D eigenvalue weighted by Crippen LogP contribution is 2.19. The van der Waals surface area contributed by atoms with E-state index in [0.717, 1.165) is 5.69 Å². The fourth-order valence-electron chi connectivity index (χ4n) is 1.31. The van der Waals surface area contributed by atoms with Crippen molar-refractivity contribution in [1.29, 1.82) is 0 Å². The molecular weight excluding hydrogens is 208 g/mol. The van der Waals surface area contributed by atoms with E-state index >= 15 is 0 Å². The van der Waals surface area contributed by atoms with Crippen molar-refractivity contribution < 1.29 is 15.0 Å². The topological polar surface area (TPSA) is 86.8 Å². The highest BCUT2D eigenvalue weighted by molar-refractivity contribution is 5.74. The third-order valence-electron chi connectivity index (χ3n) is 2.38. The summed E-state index contributed by atoms with van der Waals surface area (Å²) in [4.78, 5) is 12.5. The number of rotatable bonds is 4. The molecule has 0 saturated carbocycles. The molecule has 1 aromatic carbocycles. The lowest BCUT2D eigenvalue weighted by Gasteiger charge is -2.17. The van der Waals surface area contributed by atoms with Crippen LogP contribution in [0.15, 0.2) is 24.3 Å². The first-order valence-corrected chi connectivity index (χ1v) is 4.87. The van der Waals surface area contributed by atoms with Gasteiger partial charge in [0, 0.05) is 19.8 Å². The van der Waals surface area contributed by atoms with Gasteiger partial charge in [-0.2, -0.15) is 0 Å². The lowest BCUT2D eigenvalue weighted by atomic mass is 10.0. The van der Waals surface area contributed by atoms with Crippen molar-refractivity contribution in [2.24, 2.45) is 5.73 Å². The van der Waals surface area contributed by atoms with Crippen LogP contribution in [-0.4, -0.2) is 36.3 Å². The van der Waals surface area contributed by atoms with Crippen LogP contribution in [0.4, 0.5) is 5.69 Å². The Morgan fingerprint density at radius 2 is 1.81 bits per heavy atom. The number of aliphatic carboxylic acids is 1. The van der Waals surface area contributed by atoms with Gasteiger partial charge in [-0.05, 0) is 17.7 Å². The number of carboxylic acids is 1. The van der Waals surface area contributed by atoms with Crippen LogP contribution >= 0.6 is 0 Å². The summed E-state index contributed by atoms with van der Waals surface area (Å²) >= 11 is 0. The summed E-state index contributed by atoms with van der Waals surface area (Å²) in [7, 11) is 3.79. The van der Waals surface area contributed by atoms with E-state index in [-0.39, 0.29) is 0 Å². The number of aliphatic hydroxyl groups excluding tert-OH is 1. The molecule has 2 unspecified atom stereocenters. The molecule has 5 nitrogen and oxygen atoms in total. The van der Waals surface area contributed by atoms with Crippen molar-refractivity contribution in [3.8, 4) is 0 Å². The molecule has 1 rings (SSSR count). The number of benzene rings is 1. The Labute approximate surface area is 94.1 Å². The van der Waals surface area contributed by atoms with Gasteiger partial charge in [0.1, 0.15) is 12.1 Å². The van der Waals surface area contributed by atoms with E-state index in [0.29, 0.717) is 5.56 Å². The maximum absolute atomic E-state index is 10.6. The number of carboxylic acid groups (broad SMARTS) is 1. The molecular formula is C11H16N2O3. The molecule has 0 spiro atoms. The zero-order valence-corrected chi connectivity index (χ0v) is 9.29. The third kappa shape index (κ3) is 2.71. The van der Waals surface area contributed by atoms with Crippen LogP contribution in [-0.2, 0) is 4.79 Å². The van der Waals surface area contributed by atoms with Crippen LogP contribution < -0.4 is 10.6 Å². The van der Waals surface area contributed by atoms with E-state index < -0.39 is 18.1 Å². The number of anilines is 1. The second-order valence-corrected chi connectivity index (χ2v) is 3.79. The molecule has 0 radical (unpaired) electrons. The van der Waals surface area contributed by atoms with Crippen LogP contribution in [0, 0.1) is 0 Å². The molecule has 4 N–H and O–H groups in total. The van der Waals surface area contributed by atoms with Crippen LogP contribution in [0.2, 0.25) is 0 Å². The van der Waals surface area contributed by atoms with Gasteiger partial charge in [-0.25, -0.2) is 0 Å². The molecule has 1 aromatic rings. The number of nitrogens with zero attached hydrogens (tertiary/aromatic N) is 1. The predicted octanol–water partition coefficient (Wildman–Crippen LogP) is 0.198.